The summed E-state index contributed by atoms with van der Waals surface area (Å²) in [5, 5.41) is 8.74. The highest BCUT2D eigenvalue weighted by Gasteiger charge is 2.20. The molecule has 2 amide bonds. The average molecular weight is 288 g/mol. The van der Waals surface area contributed by atoms with Crippen LogP contribution in [-0.2, 0) is 4.79 Å². The van der Waals surface area contributed by atoms with E-state index in [2.05, 4.69) is 11.8 Å². The highest BCUT2D eigenvalue weighted by molar-refractivity contribution is 5.97. The minimum absolute atomic E-state index is 0.123. The Morgan fingerprint density at radius 1 is 1.33 bits per heavy atom. The van der Waals surface area contributed by atoms with Crippen LogP contribution in [0.2, 0.25) is 0 Å². The Morgan fingerprint density at radius 3 is 2.52 bits per heavy atom. The van der Waals surface area contributed by atoms with E-state index in [0.29, 0.717) is 11.1 Å². The van der Waals surface area contributed by atoms with Crippen LogP contribution in [0.5, 0.6) is 0 Å². The summed E-state index contributed by atoms with van der Waals surface area (Å²) in [4.78, 5) is 25.0. The van der Waals surface area contributed by atoms with Crippen molar-refractivity contribution in [3.05, 3.63) is 34.9 Å². The van der Waals surface area contributed by atoms with Gasteiger partial charge in [-0.1, -0.05) is 11.8 Å². The summed E-state index contributed by atoms with van der Waals surface area (Å²) < 4.78 is 0. The molecule has 0 radical (unpaired) electrons. The number of carbonyl (C=O) groups is 2. The Hall–Kier alpha value is -2.32. The molecule has 0 aromatic heterocycles. The van der Waals surface area contributed by atoms with Crippen molar-refractivity contribution < 1.29 is 14.7 Å². The Labute approximate surface area is 124 Å². The van der Waals surface area contributed by atoms with E-state index in [-0.39, 0.29) is 25.1 Å². The predicted octanol–water partition coefficient (Wildman–Crippen LogP) is 0.675. The lowest BCUT2D eigenvalue weighted by Gasteiger charge is -2.25. The molecule has 0 unspecified atom stereocenters. The van der Waals surface area contributed by atoms with Crippen LogP contribution in [0.4, 0.5) is 0 Å². The normalized spacial score (nSPS) is 9.95. The standard InChI is InChI=1S/C16H20N2O3/c1-11(2)18(10-15(17)20)16(21)14-8-12(3)7-13(9-14)5-4-6-19/h7-9,11,19H,6,10H2,1-3H3,(H2,17,20). The quantitative estimate of drug-likeness (QED) is 0.799. The molecule has 3 N–H and O–H groups in total. The Kier molecular flexibility index (Phi) is 5.94. The van der Waals surface area contributed by atoms with Crippen molar-refractivity contribution in [1.29, 1.82) is 0 Å². The van der Waals surface area contributed by atoms with Crippen molar-refractivity contribution in [2.24, 2.45) is 5.73 Å². The zero-order valence-electron chi connectivity index (χ0n) is 12.5. The van der Waals surface area contributed by atoms with Crippen LogP contribution in [0, 0.1) is 18.8 Å². The topological polar surface area (TPSA) is 83.6 Å². The number of amides is 2. The molecular weight excluding hydrogens is 268 g/mol. The molecule has 1 aromatic rings. The number of primary amides is 1. The van der Waals surface area contributed by atoms with Gasteiger partial charge in [-0.3, -0.25) is 9.59 Å². The number of aliphatic hydroxyl groups excluding tert-OH is 1. The fraction of sp³-hybridized carbons (Fsp3) is 0.375. The van der Waals surface area contributed by atoms with E-state index in [1.165, 1.54) is 4.90 Å². The number of hydrogen-bond donors (Lipinski definition) is 2. The molecule has 0 aliphatic heterocycles. The number of benzene rings is 1. The van der Waals surface area contributed by atoms with Crippen LogP contribution in [-0.4, -0.2) is 41.0 Å². The van der Waals surface area contributed by atoms with Gasteiger partial charge < -0.3 is 15.7 Å². The average Bonchev–Trinajstić information content (AvgIpc) is 2.40. The third-order valence-corrected chi connectivity index (χ3v) is 2.85. The van der Waals surface area contributed by atoms with Gasteiger partial charge in [0.25, 0.3) is 5.91 Å². The van der Waals surface area contributed by atoms with Gasteiger partial charge in [-0.25, -0.2) is 0 Å². The zero-order chi connectivity index (χ0) is 16.0. The lowest BCUT2D eigenvalue weighted by atomic mass is 10.0. The smallest absolute Gasteiger partial charge is 0.254 e. The van der Waals surface area contributed by atoms with Gasteiger partial charge in [0.2, 0.25) is 5.91 Å². The van der Waals surface area contributed by atoms with E-state index in [1.807, 2.05) is 26.8 Å². The highest BCUT2D eigenvalue weighted by atomic mass is 16.2. The molecule has 0 bridgehead atoms. The molecular formula is C16H20N2O3. The number of nitrogens with zero attached hydrogens (tertiary/aromatic N) is 1. The second kappa shape index (κ2) is 7.46. The van der Waals surface area contributed by atoms with Gasteiger partial charge in [-0.05, 0) is 44.5 Å². The van der Waals surface area contributed by atoms with Gasteiger partial charge in [0.15, 0.2) is 0 Å². The molecule has 0 aliphatic carbocycles. The largest absolute Gasteiger partial charge is 0.384 e. The van der Waals surface area contributed by atoms with Crippen molar-refractivity contribution in [3.63, 3.8) is 0 Å². The molecule has 1 rings (SSSR count). The lowest BCUT2D eigenvalue weighted by molar-refractivity contribution is -0.119. The van der Waals surface area contributed by atoms with Crippen molar-refractivity contribution in [3.8, 4) is 11.8 Å². The first-order valence-electron chi connectivity index (χ1n) is 6.66. The molecule has 21 heavy (non-hydrogen) atoms. The molecule has 112 valence electrons. The summed E-state index contributed by atoms with van der Waals surface area (Å²) in [7, 11) is 0. The van der Waals surface area contributed by atoms with Crippen molar-refractivity contribution in [2.45, 2.75) is 26.8 Å². The third kappa shape index (κ3) is 4.93. The summed E-state index contributed by atoms with van der Waals surface area (Å²) in [5.74, 6) is 4.51. The van der Waals surface area contributed by atoms with E-state index in [1.54, 1.807) is 12.1 Å². The third-order valence-electron chi connectivity index (χ3n) is 2.85. The maximum atomic E-state index is 12.5. The summed E-state index contributed by atoms with van der Waals surface area (Å²) in [6, 6.07) is 5.07. The summed E-state index contributed by atoms with van der Waals surface area (Å²) >= 11 is 0. The Bertz CT molecular complexity index is 597. The molecule has 0 spiro atoms. The van der Waals surface area contributed by atoms with Crippen LogP contribution < -0.4 is 5.73 Å². The minimum Gasteiger partial charge on any atom is -0.384 e. The highest BCUT2D eigenvalue weighted by Crippen LogP contribution is 2.13. The summed E-state index contributed by atoms with van der Waals surface area (Å²) in [5.41, 5.74) is 7.17. The molecule has 5 nitrogen and oxygen atoms in total. The van der Waals surface area contributed by atoms with Crippen LogP contribution >= 0.6 is 0 Å². The number of nitrogens with two attached hydrogens (primary N) is 1. The van der Waals surface area contributed by atoms with Crippen molar-refractivity contribution >= 4 is 11.8 Å². The zero-order valence-corrected chi connectivity index (χ0v) is 12.5. The van der Waals surface area contributed by atoms with Crippen molar-refractivity contribution in [2.75, 3.05) is 13.2 Å². The Morgan fingerprint density at radius 2 is 2.00 bits per heavy atom. The second-order valence-electron chi connectivity index (χ2n) is 5.04. The Balaban J connectivity index is 3.15. The lowest BCUT2D eigenvalue weighted by Crippen LogP contribution is -2.42. The van der Waals surface area contributed by atoms with Crippen LogP contribution in [0.15, 0.2) is 18.2 Å². The predicted molar refractivity (Wildman–Crippen MR) is 80.5 cm³/mol. The monoisotopic (exact) mass is 288 g/mol. The van der Waals surface area contributed by atoms with E-state index >= 15 is 0 Å². The molecule has 0 heterocycles. The van der Waals surface area contributed by atoms with Gasteiger partial charge in [-0.15, -0.1) is 0 Å². The van der Waals surface area contributed by atoms with Crippen LogP contribution in [0.1, 0.15) is 35.3 Å². The van der Waals surface area contributed by atoms with Gasteiger partial charge >= 0.3 is 0 Å². The maximum Gasteiger partial charge on any atom is 0.254 e. The second-order valence-corrected chi connectivity index (χ2v) is 5.04. The number of aryl methyl sites for hydroxylation is 1. The summed E-state index contributed by atoms with van der Waals surface area (Å²) in [6.07, 6.45) is 0. The molecule has 0 aliphatic rings. The van der Waals surface area contributed by atoms with Gasteiger partial charge in [0, 0.05) is 17.2 Å². The molecule has 0 atom stereocenters. The fourth-order valence-electron chi connectivity index (χ4n) is 1.94. The van der Waals surface area contributed by atoms with E-state index < -0.39 is 5.91 Å². The number of rotatable bonds is 4. The molecule has 0 fully saturated rings. The number of hydrogen-bond acceptors (Lipinski definition) is 3. The van der Waals surface area contributed by atoms with E-state index in [0.717, 1.165) is 5.56 Å². The molecule has 0 saturated heterocycles. The van der Waals surface area contributed by atoms with Gasteiger partial charge in [0.05, 0.1) is 6.54 Å². The first kappa shape index (κ1) is 16.7. The first-order chi connectivity index (χ1) is 9.85. The SMILES string of the molecule is Cc1cc(C#CCO)cc(C(=O)N(CC(N)=O)C(C)C)c1. The minimum atomic E-state index is -0.551. The number of aliphatic hydroxyl groups is 1. The molecule has 0 saturated carbocycles. The van der Waals surface area contributed by atoms with Gasteiger partial charge in [-0.2, -0.15) is 0 Å². The number of carbonyl (C=O) groups excluding carboxylic acids is 2. The van der Waals surface area contributed by atoms with Crippen LogP contribution in [0.25, 0.3) is 0 Å². The maximum absolute atomic E-state index is 12.5. The van der Waals surface area contributed by atoms with Crippen LogP contribution in [0.3, 0.4) is 0 Å². The fourth-order valence-corrected chi connectivity index (χ4v) is 1.94. The van der Waals surface area contributed by atoms with E-state index in [4.69, 9.17) is 10.8 Å². The van der Waals surface area contributed by atoms with Gasteiger partial charge in [0.1, 0.15) is 6.61 Å². The summed E-state index contributed by atoms with van der Waals surface area (Å²) in [6.45, 7) is 5.14. The van der Waals surface area contributed by atoms with Crippen molar-refractivity contribution in [1.82, 2.24) is 4.90 Å². The molecule has 5 heteroatoms. The molecule has 1 aromatic carbocycles. The first-order valence-corrected chi connectivity index (χ1v) is 6.66. The van der Waals surface area contributed by atoms with E-state index in [9.17, 15) is 9.59 Å².